The predicted octanol–water partition coefficient (Wildman–Crippen LogP) is 3.22. The molecule has 0 bridgehead atoms. The molecule has 1 aromatic heterocycles. The van der Waals surface area contributed by atoms with Crippen LogP contribution in [0, 0.1) is 11.3 Å². The van der Waals surface area contributed by atoms with Crippen LogP contribution in [0.25, 0.3) is 5.69 Å². The van der Waals surface area contributed by atoms with Gasteiger partial charge in [0.05, 0.1) is 11.9 Å². The molecule has 2 N–H and O–H groups in total. The van der Waals surface area contributed by atoms with Gasteiger partial charge < -0.3 is 10.6 Å². The quantitative estimate of drug-likeness (QED) is 0.879. The first-order valence-corrected chi connectivity index (χ1v) is 8.62. The number of rotatable bonds is 3. The maximum Gasteiger partial charge on any atom is 0.433 e. The molecule has 2 heterocycles. The lowest BCUT2D eigenvalue weighted by atomic mass is 9.92. The molecule has 5 nitrogen and oxygen atoms in total. The fourth-order valence-electron chi connectivity index (χ4n) is 3.83. The van der Waals surface area contributed by atoms with Crippen LogP contribution in [0.4, 0.5) is 18.9 Å². The fourth-order valence-corrected chi connectivity index (χ4v) is 3.83. The smallest absolute Gasteiger partial charge is 0.326 e. The summed E-state index contributed by atoms with van der Waals surface area (Å²) in [7, 11) is 0. The van der Waals surface area contributed by atoms with Crippen molar-refractivity contribution >= 4 is 11.6 Å². The van der Waals surface area contributed by atoms with Crippen molar-refractivity contribution in [3.8, 4) is 5.69 Å². The summed E-state index contributed by atoms with van der Waals surface area (Å²) in [6.45, 7) is 1.90. The van der Waals surface area contributed by atoms with Crippen molar-refractivity contribution in [1.82, 2.24) is 15.1 Å². The number of alkyl halides is 3. The van der Waals surface area contributed by atoms with Crippen molar-refractivity contribution < 1.29 is 18.0 Å². The van der Waals surface area contributed by atoms with Gasteiger partial charge in [-0.1, -0.05) is 0 Å². The minimum absolute atomic E-state index is 0.00489. The first-order chi connectivity index (χ1) is 12.4. The van der Waals surface area contributed by atoms with E-state index in [4.69, 9.17) is 0 Å². The zero-order valence-electron chi connectivity index (χ0n) is 14.0. The molecule has 1 aliphatic carbocycles. The third kappa shape index (κ3) is 3.09. The first-order valence-electron chi connectivity index (χ1n) is 8.62. The lowest BCUT2D eigenvalue weighted by Crippen LogP contribution is -2.31. The van der Waals surface area contributed by atoms with Crippen LogP contribution >= 0.6 is 0 Å². The van der Waals surface area contributed by atoms with E-state index in [9.17, 15) is 18.0 Å². The molecule has 8 heteroatoms. The second-order valence-electron chi connectivity index (χ2n) is 7.03. The van der Waals surface area contributed by atoms with E-state index in [0.29, 0.717) is 11.4 Å². The number of carbonyl (C=O) groups is 1. The average Bonchev–Trinajstić information content (AvgIpc) is 3.06. The largest absolute Gasteiger partial charge is 0.433 e. The van der Waals surface area contributed by atoms with Crippen molar-refractivity contribution in [2.75, 3.05) is 18.4 Å². The molecule has 1 saturated carbocycles. The van der Waals surface area contributed by atoms with Gasteiger partial charge in [0.25, 0.3) is 0 Å². The third-order valence-electron chi connectivity index (χ3n) is 5.42. The van der Waals surface area contributed by atoms with Crippen molar-refractivity contribution in [3.05, 3.63) is 42.2 Å². The number of piperidine rings is 1. The van der Waals surface area contributed by atoms with E-state index in [-0.39, 0.29) is 17.2 Å². The number of halogens is 3. The van der Waals surface area contributed by atoms with Crippen LogP contribution in [0.1, 0.15) is 25.0 Å². The lowest BCUT2D eigenvalue weighted by molar-refractivity contribution is -0.142. The highest BCUT2D eigenvalue weighted by Crippen LogP contribution is 2.58. The summed E-state index contributed by atoms with van der Waals surface area (Å²) in [6, 6.07) is 7.18. The van der Waals surface area contributed by atoms with Crippen molar-refractivity contribution in [2.24, 2.45) is 11.3 Å². The van der Waals surface area contributed by atoms with E-state index in [1.54, 1.807) is 12.1 Å². The van der Waals surface area contributed by atoms with E-state index in [0.717, 1.165) is 49.3 Å². The topological polar surface area (TPSA) is 59.0 Å². The van der Waals surface area contributed by atoms with Crippen molar-refractivity contribution in [1.29, 1.82) is 0 Å². The zero-order chi connectivity index (χ0) is 18.4. The van der Waals surface area contributed by atoms with Crippen LogP contribution in [0.2, 0.25) is 0 Å². The summed E-state index contributed by atoms with van der Waals surface area (Å²) in [5.74, 6) is 0.0296. The number of nitrogens with zero attached hydrogens (tertiary/aromatic N) is 2. The van der Waals surface area contributed by atoms with Gasteiger partial charge in [-0.05, 0) is 68.1 Å². The van der Waals surface area contributed by atoms with Gasteiger partial charge in [-0.2, -0.15) is 18.3 Å². The van der Waals surface area contributed by atoms with E-state index >= 15 is 0 Å². The molecule has 2 fully saturated rings. The average molecular weight is 364 g/mol. The van der Waals surface area contributed by atoms with Gasteiger partial charge >= 0.3 is 6.18 Å². The molecule has 1 spiro atoms. The number of benzene rings is 1. The molecule has 1 aromatic carbocycles. The summed E-state index contributed by atoms with van der Waals surface area (Å²) in [5.41, 5.74) is 0.184. The van der Waals surface area contributed by atoms with Gasteiger partial charge in [-0.3, -0.25) is 4.79 Å². The van der Waals surface area contributed by atoms with E-state index in [1.807, 2.05) is 0 Å². The molecule has 1 unspecified atom stereocenters. The molecule has 4 rings (SSSR count). The molecule has 1 atom stereocenters. The van der Waals surface area contributed by atoms with Gasteiger partial charge in [0.15, 0.2) is 0 Å². The Morgan fingerprint density at radius 3 is 2.54 bits per heavy atom. The summed E-state index contributed by atoms with van der Waals surface area (Å²) in [5, 5.41) is 9.93. The number of amides is 1. The monoisotopic (exact) mass is 364 g/mol. The van der Waals surface area contributed by atoms with Gasteiger partial charge in [0, 0.05) is 11.6 Å². The molecule has 1 amide bonds. The van der Waals surface area contributed by atoms with E-state index < -0.39 is 11.9 Å². The number of aromatic nitrogens is 2. The second-order valence-corrected chi connectivity index (χ2v) is 7.03. The normalized spacial score (nSPS) is 21.6. The molecule has 2 aliphatic rings. The molecule has 0 radical (unpaired) electrons. The van der Waals surface area contributed by atoms with Gasteiger partial charge in [0.2, 0.25) is 5.91 Å². The van der Waals surface area contributed by atoms with Crippen molar-refractivity contribution in [2.45, 2.75) is 25.4 Å². The molecule has 1 aliphatic heterocycles. The van der Waals surface area contributed by atoms with Crippen LogP contribution in [-0.4, -0.2) is 28.8 Å². The highest BCUT2D eigenvalue weighted by Gasteiger charge is 2.57. The minimum atomic E-state index is -4.47. The van der Waals surface area contributed by atoms with Gasteiger partial charge in [-0.25, -0.2) is 4.68 Å². The number of anilines is 1. The van der Waals surface area contributed by atoms with Gasteiger partial charge in [-0.15, -0.1) is 0 Å². The summed E-state index contributed by atoms with van der Waals surface area (Å²) in [6.07, 6.45) is -0.406. The Balaban J connectivity index is 1.44. The standard InChI is InChI=1S/C18H19F3N4O/c19-18(20,21)15-5-8-23-25(15)13-3-1-12(2-4-13)24-16(26)14-11-17(14)6-9-22-10-7-17/h1-5,8,14,22H,6-7,9-11H2,(H,24,26). The molecular weight excluding hydrogens is 345 g/mol. The fraction of sp³-hybridized carbons (Fsp3) is 0.444. The Hall–Kier alpha value is -2.35. The molecule has 26 heavy (non-hydrogen) atoms. The molecule has 1 saturated heterocycles. The Bertz CT molecular complexity index is 807. The summed E-state index contributed by atoms with van der Waals surface area (Å²) >= 11 is 0. The Labute approximate surface area is 148 Å². The summed E-state index contributed by atoms with van der Waals surface area (Å²) in [4.78, 5) is 12.4. The predicted molar refractivity (Wildman–Crippen MR) is 89.8 cm³/mol. The maximum absolute atomic E-state index is 13.0. The molecule has 138 valence electrons. The van der Waals surface area contributed by atoms with Gasteiger partial charge in [0.1, 0.15) is 5.69 Å². The van der Waals surface area contributed by atoms with Crippen molar-refractivity contribution in [3.63, 3.8) is 0 Å². The van der Waals surface area contributed by atoms with E-state index in [1.165, 1.54) is 12.1 Å². The number of hydrogen-bond donors (Lipinski definition) is 2. The Kier molecular flexibility index (Phi) is 4.02. The maximum atomic E-state index is 13.0. The number of hydrogen-bond acceptors (Lipinski definition) is 3. The second kappa shape index (κ2) is 6.12. The molecule has 2 aromatic rings. The van der Waals surface area contributed by atoms with E-state index in [2.05, 4.69) is 15.7 Å². The van der Waals surface area contributed by atoms with Crippen LogP contribution in [0.15, 0.2) is 36.5 Å². The minimum Gasteiger partial charge on any atom is -0.326 e. The lowest BCUT2D eigenvalue weighted by Gasteiger charge is -2.23. The molecular formula is C18H19F3N4O. The van der Waals surface area contributed by atoms with Crippen LogP contribution in [0.5, 0.6) is 0 Å². The third-order valence-corrected chi connectivity index (χ3v) is 5.42. The SMILES string of the molecule is O=C(Nc1ccc(-n2nccc2C(F)(F)F)cc1)C1CC12CCNCC2. The number of carbonyl (C=O) groups excluding carboxylic acids is 1. The summed E-state index contributed by atoms with van der Waals surface area (Å²) < 4.78 is 39.7. The van der Waals surface area contributed by atoms with Crippen LogP contribution in [-0.2, 0) is 11.0 Å². The Morgan fingerprint density at radius 2 is 1.88 bits per heavy atom. The first kappa shape index (κ1) is 17.1. The highest BCUT2D eigenvalue weighted by atomic mass is 19.4. The highest BCUT2D eigenvalue weighted by molar-refractivity contribution is 5.95. The number of nitrogens with one attached hydrogen (secondary N) is 2. The van der Waals surface area contributed by atoms with Crippen LogP contribution < -0.4 is 10.6 Å². The Morgan fingerprint density at radius 1 is 1.19 bits per heavy atom. The van der Waals surface area contributed by atoms with Crippen LogP contribution in [0.3, 0.4) is 0 Å². The zero-order valence-corrected chi connectivity index (χ0v) is 14.0.